The third-order valence-corrected chi connectivity index (χ3v) is 4.78. The third-order valence-electron chi connectivity index (χ3n) is 4.78. The van der Waals surface area contributed by atoms with Gasteiger partial charge in [-0.1, -0.05) is 6.92 Å². The Kier molecular flexibility index (Phi) is 5.22. The van der Waals surface area contributed by atoms with E-state index in [1.807, 2.05) is 0 Å². The summed E-state index contributed by atoms with van der Waals surface area (Å²) >= 11 is 0. The Bertz CT molecular complexity index is 293. The molecule has 0 spiro atoms. The first-order chi connectivity index (χ1) is 9.07. The average Bonchev–Trinajstić information content (AvgIpc) is 2.40. The Labute approximate surface area is 116 Å². The van der Waals surface area contributed by atoms with Gasteiger partial charge in [-0.25, -0.2) is 0 Å². The smallest absolute Gasteiger partial charge is 0.220 e. The highest BCUT2D eigenvalue weighted by atomic mass is 16.5. The van der Waals surface area contributed by atoms with Crippen LogP contribution in [0.3, 0.4) is 0 Å². The standard InChI is InChI=1S/C15H28N2O2/c1-15(6-8-19-9-7-15)11-17-14(18)10-12-2-4-13(16)5-3-12/h12-13H,2-11,16H2,1H3,(H,17,18). The van der Waals surface area contributed by atoms with Gasteiger partial charge < -0.3 is 15.8 Å². The van der Waals surface area contributed by atoms with Crippen molar-refractivity contribution >= 4 is 5.91 Å². The fourth-order valence-electron chi connectivity index (χ4n) is 3.08. The second-order valence-electron chi connectivity index (χ2n) is 6.68. The van der Waals surface area contributed by atoms with Crippen LogP contribution in [0.1, 0.15) is 51.9 Å². The number of ether oxygens (including phenoxy) is 1. The molecule has 0 aromatic heterocycles. The molecule has 0 aromatic carbocycles. The fourth-order valence-corrected chi connectivity index (χ4v) is 3.08. The van der Waals surface area contributed by atoms with E-state index in [0.29, 0.717) is 18.4 Å². The summed E-state index contributed by atoms with van der Waals surface area (Å²) in [6, 6.07) is 0.362. The van der Waals surface area contributed by atoms with Gasteiger partial charge in [-0.2, -0.15) is 0 Å². The lowest BCUT2D eigenvalue weighted by Gasteiger charge is -2.34. The first kappa shape index (κ1) is 14.8. The predicted octanol–water partition coefficient (Wildman–Crippen LogP) is 1.83. The molecule has 0 aromatic rings. The molecule has 4 nitrogen and oxygen atoms in total. The molecule has 1 heterocycles. The monoisotopic (exact) mass is 268 g/mol. The number of nitrogens with one attached hydrogen (secondary N) is 1. The zero-order valence-corrected chi connectivity index (χ0v) is 12.1. The Morgan fingerprint density at radius 1 is 1.26 bits per heavy atom. The van der Waals surface area contributed by atoms with E-state index >= 15 is 0 Å². The van der Waals surface area contributed by atoms with Gasteiger partial charge >= 0.3 is 0 Å². The lowest BCUT2D eigenvalue weighted by atomic mass is 9.82. The molecular formula is C15H28N2O2. The average molecular weight is 268 g/mol. The van der Waals surface area contributed by atoms with Crippen LogP contribution in [-0.4, -0.2) is 31.7 Å². The summed E-state index contributed by atoms with van der Waals surface area (Å²) in [5, 5.41) is 3.13. The molecule has 0 atom stereocenters. The minimum absolute atomic E-state index is 0.216. The summed E-state index contributed by atoms with van der Waals surface area (Å²) in [7, 11) is 0. The predicted molar refractivity (Wildman–Crippen MR) is 75.7 cm³/mol. The molecule has 2 aliphatic rings. The number of hydrogen-bond donors (Lipinski definition) is 2. The number of carbonyl (C=O) groups excluding carboxylic acids is 1. The van der Waals surface area contributed by atoms with Crippen LogP contribution in [0.5, 0.6) is 0 Å². The molecule has 4 heteroatoms. The van der Waals surface area contributed by atoms with E-state index in [-0.39, 0.29) is 11.3 Å². The van der Waals surface area contributed by atoms with Crippen molar-refractivity contribution in [2.45, 2.75) is 57.9 Å². The van der Waals surface area contributed by atoms with Crippen LogP contribution >= 0.6 is 0 Å². The van der Waals surface area contributed by atoms with Crippen molar-refractivity contribution < 1.29 is 9.53 Å². The van der Waals surface area contributed by atoms with Crippen molar-refractivity contribution in [1.82, 2.24) is 5.32 Å². The van der Waals surface area contributed by atoms with Crippen LogP contribution in [0.25, 0.3) is 0 Å². The summed E-state index contributed by atoms with van der Waals surface area (Å²) in [5.74, 6) is 0.760. The number of carbonyl (C=O) groups is 1. The number of hydrogen-bond acceptors (Lipinski definition) is 3. The van der Waals surface area contributed by atoms with E-state index in [0.717, 1.165) is 58.3 Å². The van der Waals surface area contributed by atoms with Gasteiger partial charge in [-0.15, -0.1) is 0 Å². The van der Waals surface area contributed by atoms with Crippen LogP contribution < -0.4 is 11.1 Å². The van der Waals surface area contributed by atoms with Gasteiger partial charge in [0.25, 0.3) is 0 Å². The number of nitrogens with two attached hydrogens (primary N) is 1. The molecule has 1 saturated heterocycles. The van der Waals surface area contributed by atoms with Crippen LogP contribution in [-0.2, 0) is 9.53 Å². The molecule has 19 heavy (non-hydrogen) atoms. The summed E-state index contributed by atoms with van der Waals surface area (Å²) < 4.78 is 5.38. The van der Waals surface area contributed by atoms with Crippen molar-refractivity contribution in [3.63, 3.8) is 0 Å². The van der Waals surface area contributed by atoms with E-state index in [1.165, 1.54) is 0 Å². The molecule has 0 unspecified atom stereocenters. The molecular weight excluding hydrogens is 240 g/mol. The maximum absolute atomic E-state index is 12.0. The van der Waals surface area contributed by atoms with Crippen LogP contribution in [0.2, 0.25) is 0 Å². The van der Waals surface area contributed by atoms with E-state index in [2.05, 4.69) is 12.2 Å². The highest BCUT2D eigenvalue weighted by Gasteiger charge is 2.28. The maximum Gasteiger partial charge on any atom is 0.220 e. The zero-order valence-electron chi connectivity index (χ0n) is 12.1. The van der Waals surface area contributed by atoms with Gasteiger partial charge in [0, 0.05) is 32.2 Å². The van der Waals surface area contributed by atoms with E-state index in [4.69, 9.17) is 10.5 Å². The van der Waals surface area contributed by atoms with Crippen LogP contribution in [0.15, 0.2) is 0 Å². The van der Waals surface area contributed by atoms with Crippen molar-refractivity contribution in [2.75, 3.05) is 19.8 Å². The maximum atomic E-state index is 12.0. The fraction of sp³-hybridized carbons (Fsp3) is 0.933. The summed E-state index contributed by atoms with van der Waals surface area (Å²) in [6.07, 6.45) is 7.15. The molecule has 1 saturated carbocycles. The summed E-state index contributed by atoms with van der Waals surface area (Å²) in [6.45, 7) is 4.69. The Hall–Kier alpha value is -0.610. The van der Waals surface area contributed by atoms with Gasteiger partial charge in [0.2, 0.25) is 5.91 Å². The molecule has 1 amide bonds. The van der Waals surface area contributed by atoms with Crippen molar-refractivity contribution in [1.29, 1.82) is 0 Å². The molecule has 0 bridgehead atoms. The first-order valence-electron chi connectivity index (χ1n) is 7.67. The molecule has 1 aliphatic carbocycles. The van der Waals surface area contributed by atoms with E-state index in [9.17, 15) is 4.79 Å². The molecule has 2 fully saturated rings. The van der Waals surface area contributed by atoms with Crippen molar-refractivity contribution in [2.24, 2.45) is 17.1 Å². The zero-order chi connectivity index (χ0) is 13.7. The lowest BCUT2D eigenvalue weighted by molar-refractivity contribution is -0.123. The normalized spacial score (nSPS) is 30.8. The number of rotatable bonds is 4. The first-order valence-corrected chi connectivity index (χ1v) is 7.67. The lowest BCUT2D eigenvalue weighted by Crippen LogP contribution is -2.40. The molecule has 2 rings (SSSR count). The quantitative estimate of drug-likeness (QED) is 0.817. The molecule has 1 aliphatic heterocycles. The highest BCUT2D eigenvalue weighted by Crippen LogP contribution is 2.29. The Balaban J connectivity index is 1.66. The van der Waals surface area contributed by atoms with Gasteiger partial charge in [0.05, 0.1) is 0 Å². The van der Waals surface area contributed by atoms with Gasteiger partial charge in [0.1, 0.15) is 0 Å². The molecule has 0 radical (unpaired) electrons. The minimum Gasteiger partial charge on any atom is -0.381 e. The van der Waals surface area contributed by atoms with Gasteiger partial charge in [0.15, 0.2) is 0 Å². The van der Waals surface area contributed by atoms with Crippen molar-refractivity contribution in [3.8, 4) is 0 Å². The SMILES string of the molecule is CC1(CNC(=O)CC2CCC(N)CC2)CCOCC1. The third kappa shape index (κ3) is 4.77. The summed E-state index contributed by atoms with van der Waals surface area (Å²) in [5.41, 5.74) is 6.11. The topological polar surface area (TPSA) is 64.4 Å². The largest absolute Gasteiger partial charge is 0.381 e. The molecule has 110 valence electrons. The van der Waals surface area contributed by atoms with Gasteiger partial charge in [-0.05, 0) is 49.9 Å². The van der Waals surface area contributed by atoms with E-state index < -0.39 is 0 Å². The van der Waals surface area contributed by atoms with Gasteiger partial charge in [-0.3, -0.25) is 4.79 Å². The second-order valence-corrected chi connectivity index (χ2v) is 6.68. The number of amides is 1. The summed E-state index contributed by atoms with van der Waals surface area (Å²) in [4.78, 5) is 12.0. The van der Waals surface area contributed by atoms with Crippen LogP contribution in [0.4, 0.5) is 0 Å². The van der Waals surface area contributed by atoms with E-state index in [1.54, 1.807) is 0 Å². The van der Waals surface area contributed by atoms with Crippen LogP contribution in [0, 0.1) is 11.3 Å². The van der Waals surface area contributed by atoms with Crippen molar-refractivity contribution in [3.05, 3.63) is 0 Å². The minimum atomic E-state index is 0.216. The second kappa shape index (κ2) is 6.71. The Morgan fingerprint density at radius 2 is 1.89 bits per heavy atom. The Morgan fingerprint density at radius 3 is 2.53 bits per heavy atom. The highest BCUT2D eigenvalue weighted by molar-refractivity contribution is 5.76. The molecule has 3 N–H and O–H groups in total.